The molecule has 0 N–H and O–H groups in total. The topological polar surface area (TPSA) is 21.6 Å². The first-order valence-corrected chi connectivity index (χ1v) is 6.45. The molecule has 4 fully saturated rings. The molecule has 5 rings (SSSR count). The first-order chi connectivity index (χ1) is 7.26. The zero-order valence-electron chi connectivity index (χ0n) is 9.41. The summed E-state index contributed by atoms with van der Waals surface area (Å²) in [7, 11) is 0. The number of hydrogen-bond donors (Lipinski definition) is 0. The van der Waals surface area contributed by atoms with E-state index < -0.39 is 0 Å². The van der Waals surface area contributed by atoms with E-state index in [9.17, 15) is 0 Å². The third kappa shape index (κ3) is 0.982. The summed E-state index contributed by atoms with van der Waals surface area (Å²) in [5.74, 6) is 4.73. The maximum absolute atomic E-state index is 5.68. The Hall–Kier alpha value is -0.530. The summed E-state index contributed by atoms with van der Waals surface area (Å²) in [5.41, 5.74) is 0.234. The molecule has 0 aromatic heterocycles. The normalized spacial score (nSPS) is 55.9. The Balaban J connectivity index is 1.76. The zero-order valence-corrected chi connectivity index (χ0v) is 9.41. The highest BCUT2D eigenvalue weighted by Crippen LogP contribution is 2.60. The minimum Gasteiger partial charge on any atom is -0.479 e. The second kappa shape index (κ2) is 2.58. The van der Waals surface area contributed by atoms with Crippen LogP contribution in [0.2, 0.25) is 0 Å². The second-order valence-corrected chi connectivity index (χ2v) is 6.22. The van der Waals surface area contributed by atoms with Crippen LogP contribution in [0.4, 0.5) is 0 Å². The molecule has 1 heterocycles. The number of rotatable bonds is 0. The van der Waals surface area contributed by atoms with Crippen LogP contribution in [0, 0.1) is 23.7 Å². The Bertz CT molecular complexity index is 305. The summed E-state index contributed by atoms with van der Waals surface area (Å²) in [4.78, 5) is 4.91. The van der Waals surface area contributed by atoms with Crippen molar-refractivity contribution in [3.63, 3.8) is 0 Å². The molecule has 0 aromatic carbocycles. The molecule has 0 atom stereocenters. The fraction of sp³-hybridized carbons (Fsp3) is 0.923. The van der Waals surface area contributed by atoms with Gasteiger partial charge >= 0.3 is 0 Å². The maximum Gasteiger partial charge on any atom is 0.180 e. The van der Waals surface area contributed by atoms with Crippen molar-refractivity contribution in [1.29, 1.82) is 0 Å². The third-order valence-corrected chi connectivity index (χ3v) is 5.43. The van der Waals surface area contributed by atoms with Gasteiger partial charge in [0.1, 0.15) is 12.1 Å². The smallest absolute Gasteiger partial charge is 0.180 e. The fourth-order valence-corrected chi connectivity index (χ4v) is 5.00. The van der Waals surface area contributed by atoms with Crippen LogP contribution in [-0.2, 0) is 4.74 Å². The predicted molar refractivity (Wildman–Crippen MR) is 58.8 cm³/mol. The summed E-state index contributed by atoms with van der Waals surface area (Å²) in [6.45, 7) is 2.92. The Morgan fingerprint density at radius 3 is 2.13 bits per heavy atom. The number of nitrogens with zero attached hydrogens (tertiary/aromatic N) is 1. The summed E-state index contributed by atoms with van der Waals surface area (Å²) < 4.78 is 5.68. The van der Waals surface area contributed by atoms with Crippen LogP contribution in [0.5, 0.6) is 0 Å². The van der Waals surface area contributed by atoms with Gasteiger partial charge in [-0.1, -0.05) is 0 Å². The summed E-state index contributed by atoms with van der Waals surface area (Å²) in [6, 6.07) is 0. The van der Waals surface area contributed by atoms with Crippen LogP contribution in [0.1, 0.15) is 39.0 Å². The van der Waals surface area contributed by atoms with Crippen LogP contribution < -0.4 is 0 Å². The first-order valence-electron chi connectivity index (χ1n) is 6.45. The molecule has 15 heavy (non-hydrogen) atoms. The van der Waals surface area contributed by atoms with Gasteiger partial charge in [0, 0.05) is 6.92 Å². The highest BCUT2D eigenvalue weighted by atomic mass is 16.5. The Morgan fingerprint density at radius 1 is 1.07 bits per heavy atom. The molecule has 1 spiro atoms. The fourth-order valence-electron chi connectivity index (χ4n) is 5.00. The minimum absolute atomic E-state index is 0.234. The van der Waals surface area contributed by atoms with Gasteiger partial charge in [-0.05, 0) is 55.8 Å². The number of hydrogen-bond acceptors (Lipinski definition) is 2. The van der Waals surface area contributed by atoms with Crippen molar-refractivity contribution >= 4 is 5.90 Å². The minimum atomic E-state index is 0.234. The molecule has 4 bridgehead atoms. The van der Waals surface area contributed by atoms with Gasteiger partial charge in [-0.2, -0.15) is 0 Å². The number of ether oxygens (including phenoxy) is 1. The van der Waals surface area contributed by atoms with E-state index in [1.807, 2.05) is 6.92 Å². The quantitative estimate of drug-likeness (QED) is 0.595. The lowest BCUT2D eigenvalue weighted by Gasteiger charge is -2.57. The molecular weight excluding hydrogens is 186 g/mol. The van der Waals surface area contributed by atoms with Crippen molar-refractivity contribution in [3.05, 3.63) is 0 Å². The highest BCUT2D eigenvalue weighted by Gasteiger charge is 2.59. The van der Waals surface area contributed by atoms with Gasteiger partial charge in [-0.15, -0.1) is 0 Å². The lowest BCUT2D eigenvalue weighted by Crippen LogP contribution is -2.57. The third-order valence-electron chi connectivity index (χ3n) is 5.43. The van der Waals surface area contributed by atoms with E-state index in [-0.39, 0.29) is 5.54 Å². The summed E-state index contributed by atoms with van der Waals surface area (Å²) in [5, 5.41) is 0. The van der Waals surface area contributed by atoms with Crippen LogP contribution in [0.25, 0.3) is 0 Å². The van der Waals surface area contributed by atoms with Gasteiger partial charge in [0.05, 0.1) is 0 Å². The average Bonchev–Trinajstić information content (AvgIpc) is 2.57. The van der Waals surface area contributed by atoms with E-state index in [4.69, 9.17) is 9.73 Å². The van der Waals surface area contributed by atoms with Crippen LogP contribution in [0.3, 0.4) is 0 Å². The average molecular weight is 205 g/mol. The predicted octanol–water partition coefficient (Wildman–Crippen LogP) is 2.63. The van der Waals surface area contributed by atoms with Crippen molar-refractivity contribution in [3.8, 4) is 0 Å². The van der Waals surface area contributed by atoms with Crippen molar-refractivity contribution in [2.45, 2.75) is 44.6 Å². The molecule has 2 nitrogen and oxygen atoms in total. The molecule has 82 valence electrons. The molecule has 2 heteroatoms. The number of aliphatic imine (C=N–C) groups is 1. The van der Waals surface area contributed by atoms with Crippen molar-refractivity contribution in [2.24, 2.45) is 28.7 Å². The molecule has 0 radical (unpaired) electrons. The van der Waals surface area contributed by atoms with E-state index in [1.54, 1.807) is 0 Å². The van der Waals surface area contributed by atoms with E-state index >= 15 is 0 Å². The maximum atomic E-state index is 5.68. The standard InChI is InChI=1S/C13H19NO/c1-8-14-13(7-15-8)11-3-9-2-10(5-11)6-12(13)4-9/h9-12H,2-7H2,1H3. The zero-order chi connectivity index (χ0) is 10.0. The van der Waals surface area contributed by atoms with Gasteiger partial charge in [0.25, 0.3) is 0 Å². The Morgan fingerprint density at radius 2 is 1.67 bits per heavy atom. The van der Waals surface area contributed by atoms with E-state index in [2.05, 4.69) is 0 Å². The largest absolute Gasteiger partial charge is 0.479 e. The van der Waals surface area contributed by atoms with Gasteiger partial charge in [-0.3, -0.25) is 0 Å². The van der Waals surface area contributed by atoms with E-state index in [0.717, 1.165) is 36.2 Å². The monoisotopic (exact) mass is 205 g/mol. The molecule has 0 unspecified atom stereocenters. The molecule has 0 saturated heterocycles. The van der Waals surface area contributed by atoms with Gasteiger partial charge in [0.2, 0.25) is 0 Å². The van der Waals surface area contributed by atoms with Gasteiger partial charge in [-0.25, -0.2) is 4.99 Å². The van der Waals surface area contributed by atoms with Crippen molar-refractivity contribution in [2.75, 3.05) is 6.61 Å². The highest BCUT2D eigenvalue weighted by molar-refractivity contribution is 5.75. The van der Waals surface area contributed by atoms with Crippen molar-refractivity contribution in [1.82, 2.24) is 0 Å². The second-order valence-electron chi connectivity index (χ2n) is 6.22. The van der Waals surface area contributed by atoms with Crippen LogP contribution in [-0.4, -0.2) is 18.0 Å². The SMILES string of the molecule is CC1=NC2(CO1)C1CC3CC(C1)CC2C3. The van der Waals surface area contributed by atoms with Crippen LogP contribution >= 0.6 is 0 Å². The molecular formula is C13H19NO. The molecule has 4 aliphatic carbocycles. The molecule has 5 aliphatic rings. The van der Waals surface area contributed by atoms with Crippen LogP contribution in [0.15, 0.2) is 4.99 Å². The Kier molecular flexibility index (Phi) is 1.48. The first kappa shape index (κ1) is 8.60. The van der Waals surface area contributed by atoms with E-state index in [0.29, 0.717) is 0 Å². The molecule has 0 amide bonds. The Labute approximate surface area is 91.1 Å². The lowest BCUT2D eigenvalue weighted by molar-refractivity contribution is -0.0618. The van der Waals surface area contributed by atoms with Gasteiger partial charge < -0.3 is 4.74 Å². The van der Waals surface area contributed by atoms with Gasteiger partial charge in [0.15, 0.2) is 5.90 Å². The van der Waals surface area contributed by atoms with E-state index in [1.165, 1.54) is 32.1 Å². The molecule has 4 saturated carbocycles. The molecule has 1 aliphatic heterocycles. The lowest BCUT2D eigenvalue weighted by atomic mass is 9.49. The summed E-state index contributed by atoms with van der Waals surface area (Å²) >= 11 is 0. The van der Waals surface area contributed by atoms with Crippen molar-refractivity contribution < 1.29 is 4.74 Å². The summed E-state index contributed by atoms with van der Waals surface area (Å²) in [6.07, 6.45) is 7.27. The molecule has 0 aromatic rings.